The molecule has 0 bridgehead atoms. The summed E-state index contributed by atoms with van der Waals surface area (Å²) in [6, 6.07) is 6.50. The van der Waals surface area contributed by atoms with Crippen LogP contribution in [0.15, 0.2) is 29.6 Å². The van der Waals surface area contributed by atoms with Crippen LogP contribution in [0.1, 0.15) is 107 Å². The molecule has 314 valence electrons. The highest BCUT2D eigenvalue weighted by Gasteiger charge is 2.38. The number of carbonyl (C=O) groups is 4. The number of hydrogen-bond donors (Lipinski definition) is 2. The van der Waals surface area contributed by atoms with Gasteiger partial charge >= 0.3 is 5.97 Å². The van der Waals surface area contributed by atoms with Gasteiger partial charge in [-0.3, -0.25) is 24.1 Å². The lowest BCUT2D eigenvalue weighted by atomic mass is 9.82. The number of benzene rings is 1. The number of ether oxygens (including phenoxy) is 4. The Morgan fingerprint density at radius 1 is 1.04 bits per heavy atom. The van der Waals surface area contributed by atoms with E-state index >= 15 is 0 Å². The van der Waals surface area contributed by atoms with Crippen LogP contribution in [0.5, 0.6) is 5.75 Å². The second-order valence-corrected chi connectivity index (χ2v) is 16.4. The molecule has 2 N–H and O–H groups in total. The summed E-state index contributed by atoms with van der Waals surface area (Å²) in [7, 11) is 6.73. The van der Waals surface area contributed by atoms with E-state index in [0.29, 0.717) is 36.8 Å². The molecule has 0 radical (unpaired) electrons. The largest absolute Gasteiger partial charge is 0.497 e. The molecule has 1 saturated heterocycles. The molecule has 2 aromatic rings. The number of nitrogens with zero attached hydrogens (tertiary/aromatic N) is 3. The van der Waals surface area contributed by atoms with Crippen LogP contribution in [0.2, 0.25) is 0 Å². The average molecular weight is 803 g/mol. The van der Waals surface area contributed by atoms with Gasteiger partial charge in [0.1, 0.15) is 29.3 Å². The maximum absolute atomic E-state index is 14.7. The monoisotopic (exact) mass is 802 g/mol. The average Bonchev–Trinajstić information content (AvgIpc) is 3.68. The van der Waals surface area contributed by atoms with Gasteiger partial charge in [-0.25, -0.2) is 4.98 Å². The Morgan fingerprint density at radius 2 is 1.75 bits per heavy atom. The Bertz CT molecular complexity index is 1520. The molecule has 0 spiro atoms. The number of likely N-dealkylation sites (tertiary alicyclic amines) is 1. The first-order chi connectivity index (χ1) is 26.7. The first-order valence-electron chi connectivity index (χ1n) is 20.0. The third-order valence-electron chi connectivity index (χ3n) is 11.1. The van der Waals surface area contributed by atoms with Crippen LogP contribution < -0.4 is 10.1 Å². The molecule has 3 rings (SSSR count). The van der Waals surface area contributed by atoms with E-state index in [1.54, 1.807) is 26.5 Å². The number of carboxylic acid groups (broad SMARTS) is 1. The number of likely N-dealkylation sites (N-methyl/N-ethyl adjacent to an activating group) is 1. The molecular formula is C42H66N4O9S. The predicted octanol–water partition coefficient (Wildman–Crippen LogP) is 6.26. The van der Waals surface area contributed by atoms with E-state index in [1.165, 1.54) is 18.4 Å². The Hall–Kier alpha value is -3.43. The van der Waals surface area contributed by atoms with Gasteiger partial charge in [-0.1, -0.05) is 59.6 Å². The Kier molecular flexibility index (Phi) is 19.9. The van der Waals surface area contributed by atoms with Gasteiger partial charge in [0.25, 0.3) is 5.91 Å². The van der Waals surface area contributed by atoms with Gasteiger partial charge in [-0.2, -0.15) is 0 Å². The Balaban J connectivity index is 1.89. The van der Waals surface area contributed by atoms with Crippen molar-refractivity contribution >= 4 is 34.9 Å². The second-order valence-electron chi connectivity index (χ2n) is 15.6. The summed E-state index contributed by atoms with van der Waals surface area (Å²) >= 11 is 1.28. The lowest BCUT2D eigenvalue weighted by Gasteiger charge is -2.40. The number of thiazole rings is 1. The van der Waals surface area contributed by atoms with Crippen LogP contribution in [-0.4, -0.2) is 116 Å². The number of amides is 2. The number of hydrogen-bond acceptors (Lipinski definition) is 11. The van der Waals surface area contributed by atoms with E-state index in [2.05, 4.69) is 37.9 Å². The Labute approximate surface area is 337 Å². The molecule has 0 unspecified atom stereocenters. The minimum absolute atomic E-state index is 0.000109. The normalized spacial score (nSPS) is 18.1. The van der Waals surface area contributed by atoms with Gasteiger partial charge in [-0.15, -0.1) is 11.3 Å². The third kappa shape index (κ3) is 13.9. The lowest BCUT2D eigenvalue weighted by molar-refractivity contribution is -0.146. The predicted molar refractivity (Wildman–Crippen MR) is 217 cm³/mol. The Morgan fingerprint density at radius 3 is 2.34 bits per heavy atom. The van der Waals surface area contributed by atoms with Crippen LogP contribution in [0.25, 0.3) is 0 Å². The van der Waals surface area contributed by atoms with E-state index in [4.69, 9.17) is 23.9 Å². The summed E-state index contributed by atoms with van der Waals surface area (Å²) in [5.74, 6) is -1.77. The SMILES string of the molecule is CC[C@H](C)[C@H](CC(=O)[C@H]1CCCCN1C)C(=O)N(CCOC)[C@H](C[C@@H](OCOC)c1nc(C(=O)N[C@@H](Cc2ccc(OC)cc2)C[C@H](C)C(=O)O)cs1)C(C)C. The molecule has 1 aromatic heterocycles. The molecule has 13 nitrogen and oxygen atoms in total. The van der Waals surface area contributed by atoms with Crippen LogP contribution in [0, 0.1) is 23.7 Å². The molecule has 56 heavy (non-hydrogen) atoms. The van der Waals surface area contributed by atoms with E-state index in [9.17, 15) is 24.3 Å². The number of carbonyl (C=O) groups excluding carboxylic acids is 3. The first kappa shape index (κ1) is 46.9. The highest BCUT2D eigenvalue weighted by atomic mass is 32.1. The van der Waals surface area contributed by atoms with E-state index in [-0.39, 0.29) is 60.9 Å². The second kappa shape index (κ2) is 23.7. The number of nitrogens with one attached hydrogen (secondary N) is 1. The van der Waals surface area contributed by atoms with Crippen molar-refractivity contribution in [2.24, 2.45) is 23.7 Å². The molecule has 1 fully saturated rings. The molecular weight excluding hydrogens is 737 g/mol. The van der Waals surface area contributed by atoms with Crippen molar-refractivity contribution in [3.05, 3.63) is 45.9 Å². The molecule has 1 aromatic carbocycles. The number of rotatable bonds is 25. The maximum Gasteiger partial charge on any atom is 0.306 e. The van der Waals surface area contributed by atoms with Gasteiger partial charge in [0.15, 0.2) is 5.78 Å². The summed E-state index contributed by atoms with van der Waals surface area (Å²) in [6.07, 6.45) is 4.25. The van der Waals surface area contributed by atoms with Crippen molar-refractivity contribution in [3.63, 3.8) is 0 Å². The number of aliphatic carboxylic acids is 1. The molecule has 1 aliphatic rings. The lowest BCUT2D eigenvalue weighted by Crippen LogP contribution is -2.50. The standard InChI is InChI=1S/C42H66N4O9S/c1-10-28(4)33(23-37(47)35-13-11-12-18-45(35)6)41(49)46(19-20-52-7)36(27(2)3)24-38(55-26-53-8)40-44-34(25-56-40)39(48)43-31(21-29(5)42(50)51)22-30-14-16-32(54-9)17-15-30/h14-17,25,27-29,31,33,35-36,38H,10-13,18-24,26H2,1-9H3,(H,43,48)(H,50,51)/t28-,29-,31+,33-,35+,36+,38+/m0/s1. The molecule has 1 aliphatic heterocycles. The topological polar surface area (TPSA) is 157 Å². The third-order valence-corrected chi connectivity index (χ3v) is 12.0. The molecule has 0 aliphatic carbocycles. The number of Topliss-reactive ketones (excluding diaryl/α,β-unsaturated/α-hetero) is 1. The van der Waals surface area contributed by atoms with Crippen molar-refractivity contribution in [1.29, 1.82) is 0 Å². The summed E-state index contributed by atoms with van der Waals surface area (Å²) in [5.41, 5.74) is 1.12. The first-order valence-corrected chi connectivity index (χ1v) is 20.9. The van der Waals surface area contributed by atoms with Crippen LogP contribution in [-0.2, 0) is 35.0 Å². The smallest absolute Gasteiger partial charge is 0.306 e. The molecule has 14 heteroatoms. The van der Waals surface area contributed by atoms with Crippen molar-refractivity contribution in [2.75, 3.05) is 54.9 Å². The zero-order chi connectivity index (χ0) is 41.4. The molecule has 2 amide bonds. The van der Waals surface area contributed by atoms with Gasteiger partial charge in [0, 0.05) is 57.0 Å². The van der Waals surface area contributed by atoms with Crippen molar-refractivity contribution < 1.29 is 43.2 Å². The van der Waals surface area contributed by atoms with E-state index in [1.807, 2.05) is 36.2 Å². The number of aromatic nitrogens is 1. The van der Waals surface area contributed by atoms with Crippen molar-refractivity contribution in [1.82, 2.24) is 20.1 Å². The minimum atomic E-state index is -0.940. The quantitative estimate of drug-likeness (QED) is 0.109. The van der Waals surface area contributed by atoms with E-state index in [0.717, 1.165) is 37.8 Å². The summed E-state index contributed by atoms with van der Waals surface area (Å²) < 4.78 is 22.3. The van der Waals surface area contributed by atoms with Gasteiger partial charge in [0.05, 0.1) is 25.7 Å². The number of ketones is 1. The summed E-state index contributed by atoms with van der Waals surface area (Å²) in [4.78, 5) is 62.7. The zero-order valence-corrected chi connectivity index (χ0v) is 35.8. The van der Waals surface area contributed by atoms with Crippen LogP contribution in [0.3, 0.4) is 0 Å². The fraction of sp³-hybridized carbons (Fsp3) is 0.690. The summed E-state index contributed by atoms with van der Waals surface area (Å²) in [6.45, 7) is 11.4. The van der Waals surface area contributed by atoms with Gasteiger partial charge in [0.2, 0.25) is 5.91 Å². The van der Waals surface area contributed by atoms with Crippen LogP contribution in [0.4, 0.5) is 0 Å². The molecule has 7 atom stereocenters. The van der Waals surface area contributed by atoms with Crippen molar-refractivity contribution in [2.45, 2.75) is 110 Å². The van der Waals surface area contributed by atoms with E-state index < -0.39 is 35.9 Å². The summed E-state index contributed by atoms with van der Waals surface area (Å²) in [5, 5.41) is 14.9. The molecule has 2 heterocycles. The number of methoxy groups -OCH3 is 3. The number of piperidine rings is 1. The number of carboxylic acids is 1. The zero-order valence-electron chi connectivity index (χ0n) is 35.0. The fourth-order valence-corrected chi connectivity index (χ4v) is 8.29. The van der Waals surface area contributed by atoms with Crippen molar-refractivity contribution in [3.8, 4) is 5.75 Å². The minimum Gasteiger partial charge on any atom is -0.497 e. The van der Waals surface area contributed by atoms with Gasteiger partial charge < -0.3 is 34.3 Å². The van der Waals surface area contributed by atoms with Crippen LogP contribution >= 0.6 is 11.3 Å². The molecule has 0 saturated carbocycles. The highest BCUT2D eigenvalue weighted by Crippen LogP contribution is 2.33. The highest BCUT2D eigenvalue weighted by molar-refractivity contribution is 7.09. The van der Waals surface area contributed by atoms with Gasteiger partial charge in [-0.05, 0) is 68.8 Å². The maximum atomic E-state index is 14.7. The fourth-order valence-electron chi connectivity index (χ4n) is 7.43.